The van der Waals surface area contributed by atoms with Crippen molar-refractivity contribution in [1.29, 1.82) is 0 Å². The molecular formula is C16H26N2O2. The second-order valence-corrected chi connectivity index (χ2v) is 5.80. The van der Waals surface area contributed by atoms with Crippen LogP contribution >= 0.6 is 0 Å². The topological polar surface area (TPSA) is 44.7 Å². The molecule has 4 heteroatoms. The Balaban J connectivity index is 1.92. The minimum absolute atomic E-state index is 0.0974. The Hall–Kier alpha value is -1.26. The van der Waals surface area contributed by atoms with Crippen LogP contribution in [0, 0.1) is 0 Å². The van der Waals surface area contributed by atoms with Gasteiger partial charge in [0.1, 0.15) is 11.5 Å². The Labute approximate surface area is 121 Å². The maximum atomic E-state index is 9.97. The number of rotatable bonds is 7. The molecule has 0 aromatic heterocycles. The fraction of sp³-hybridized carbons (Fsp3) is 0.625. The number of nitrogens with one attached hydrogen (secondary N) is 1. The van der Waals surface area contributed by atoms with Gasteiger partial charge in [0.15, 0.2) is 0 Å². The van der Waals surface area contributed by atoms with Crippen LogP contribution in [0.1, 0.15) is 38.3 Å². The number of ether oxygens (including phenoxy) is 1. The average molecular weight is 278 g/mol. The smallest absolute Gasteiger partial charge is 0.120 e. The van der Waals surface area contributed by atoms with Gasteiger partial charge in [-0.1, -0.05) is 0 Å². The third kappa shape index (κ3) is 3.64. The molecule has 1 aromatic rings. The van der Waals surface area contributed by atoms with E-state index < -0.39 is 0 Å². The molecule has 0 bridgehead atoms. The molecule has 1 aromatic carbocycles. The fourth-order valence-corrected chi connectivity index (χ4v) is 2.45. The molecule has 0 spiro atoms. The maximum absolute atomic E-state index is 9.97. The van der Waals surface area contributed by atoms with Crippen LogP contribution in [0.25, 0.3) is 0 Å². The third-order valence-electron chi connectivity index (χ3n) is 4.24. The number of aromatic hydroxyl groups is 1. The summed E-state index contributed by atoms with van der Waals surface area (Å²) in [5, 5.41) is 13.5. The van der Waals surface area contributed by atoms with Crippen molar-refractivity contribution in [3.8, 4) is 11.5 Å². The third-order valence-corrected chi connectivity index (χ3v) is 4.24. The Kier molecular flexibility index (Phi) is 4.89. The van der Waals surface area contributed by atoms with Crippen LogP contribution in [0.4, 0.5) is 0 Å². The van der Waals surface area contributed by atoms with Gasteiger partial charge in [0, 0.05) is 30.2 Å². The van der Waals surface area contributed by atoms with Crippen LogP contribution in [0.15, 0.2) is 18.2 Å². The molecule has 0 amide bonds. The standard InChI is InChI=1S/C16H26N2O2/c1-11(18(3)13-5-6-13)10-17-12(2)15-9-14(20-4)7-8-16(15)19/h7-9,11-13,17,19H,5-6,10H2,1-4H3. The number of nitrogens with zero attached hydrogens (tertiary/aromatic N) is 1. The van der Waals surface area contributed by atoms with E-state index in [4.69, 9.17) is 4.74 Å². The van der Waals surface area contributed by atoms with Crippen molar-refractivity contribution < 1.29 is 9.84 Å². The highest BCUT2D eigenvalue weighted by atomic mass is 16.5. The van der Waals surface area contributed by atoms with Gasteiger partial charge in [-0.2, -0.15) is 0 Å². The van der Waals surface area contributed by atoms with Crippen LogP contribution in [0.5, 0.6) is 11.5 Å². The molecule has 1 aliphatic rings. The molecule has 1 fully saturated rings. The summed E-state index contributed by atoms with van der Waals surface area (Å²) >= 11 is 0. The van der Waals surface area contributed by atoms with E-state index in [0.717, 1.165) is 23.9 Å². The Morgan fingerprint density at radius 2 is 2.10 bits per heavy atom. The first-order chi connectivity index (χ1) is 9.52. The van der Waals surface area contributed by atoms with E-state index in [2.05, 4.69) is 31.1 Å². The number of phenols is 1. The summed E-state index contributed by atoms with van der Waals surface area (Å²) in [6.45, 7) is 5.21. The molecule has 4 nitrogen and oxygen atoms in total. The minimum atomic E-state index is 0.0974. The van der Waals surface area contributed by atoms with Crippen LogP contribution < -0.4 is 10.1 Å². The highest BCUT2D eigenvalue weighted by molar-refractivity contribution is 5.41. The molecule has 2 N–H and O–H groups in total. The lowest BCUT2D eigenvalue weighted by atomic mass is 10.1. The first kappa shape index (κ1) is 15.1. The molecule has 0 saturated heterocycles. The summed E-state index contributed by atoms with van der Waals surface area (Å²) in [6.07, 6.45) is 2.65. The molecule has 1 saturated carbocycles. The van der Waals surface area contributed by atoms with Crippen LogP contribution in [0.2, 0.25) is 0 Å². The second kappa shape index (κ2) is 6.46. The molecular weight excluding hydrogens is 252 g/mol. The van der Waals surface area contributed by atoms with Crippen LogP contribution in [-0.2, 0) is 0 Å². The maximum Gasteiger partial charge on any atom is 0.120 e. The van der Waals surface area contributed by atoms with Gasteiger partial charge in [0.05, 0.1) is 7.11 Å². The van der Waals surface area contributed by atoms with Crippen molar-refractivity contribution in [1.82, 2.24) is 10.2 Å². The van der Waals surface area contributed by atoms with E-state index in [1.165, 1.54) is 12.8 Å². The number of hydrogen-bond acceptors (Lipinski definition) is 4. The van der Waals surface area contributed by atoms with Crippen molar-refractivity contribution >= 4 is 0 Å². The van der Waals surface area contributed by atoms with Gasteiger partial charge in [0.25, 0.3) is 0 Å². The van der Waals surface area contributed by atoms with Gasteiger partial charge in [-0.25, -0.2) is 0 Å². The van der Waals surface area contributed by atoms with E-state index in [0.29, 0.717) is 11.8 Å². The summed E-state index contributed by atoms with van der Waals surface area (Å²) in [5.74, 6) is 1.09. The van der Waals surface area contributed by atoms with Gasteiger partial charge < -0.3 is 15.2 Å². The zero-order valence-corrected chi connectivity index (χ0v) is 12.9. The summed E-state index contributed by atoms with van der Waals surface area (Å²) in [4.78, 5) is 2.44. The van der Waals surface area contributed by atoms with Crippen LogP contribution in [-0.4, -0.2) is 42.8 Å². The first-order valence-corrected chi connectivity index (χ1v) is 7.35. The van der Waals surface area contributed by atoms with E-state index in [9.17, 15) is 5.11 Å². The largest absolute Gasteiger partial charge is 0.508 e. The zero-order valence-electron chi connectivity index (χ0n) is 12.9. The van der Waals surface area contributed by atoms with Crippen molar-refractivity contribution in [2.75, 3.05) is 20.7 Å². The highest BCUT2D eigenvalue weighted by Crippen LogP contribution is 2.29. The van der Waals surface area contributed by atoms with Gasteiger partial charge in [-0.15, -0.1) is 0 Å². The summed E-state index contributed by atoms with van der Waals surface area (Å²) in [6, 6.07) is 6.72. The predicted molar refractivity (Wildman–Crippen MR) is 81.3 cm³/mol. The van der Waals surface area contributed by atoms with Gasteiger partial charge >= 0.3 is 0 Å². The average Bonchev–Trinajstić information content (AvgIpc) is 3.28. The first-order valence-electron chi connectivity index (χ1n) is 7.35. The van der Waals surface area contributed by atoms with Crippen molar-refractivity contribution in [3.63, 3.8) is 0 Å². The SMILES string of the molecule is COc1ccc(O)c(C(C)NCC(C)N(C)C2CC2)c1. The fourth-order valence-electron chi connectivity index (χ4n) is 2.45. The molecule has 1 aliphatic carbocycles. The molecule has 0 aliphatic heterocycles. The van der Waals surface area contributed by atoms with E-state index >= 15 is 0 Å². The minimum Gasteiger partial charge on any atom is -0.508 e. The van der Waals surface area contributed by atoms with Gasteiger partial charge in [0.2, 0.25) is 0 Å². The normalized spacial score (nSPS) is 18.1. The lowest BCUT2D eigenvalue weighted by molar-refractivity contribution is 0.236. The highest BCUT2D eigenvalue weighted by Gasteiger charge is 2.29. The molecule has 2 unspecified atom stereocenters. The number of hydrogen-bond donors (Lipinski definition) is 2. The Morgan fingerprint density at radius 1 is 1.40 bits per heavy atom. The number of phenolic OH excluding ortho intramolecular Hbond substituents is 1. The molecule has 20 heavy (non-hydrogen) atoms. The number of methoxy groups -OCH3 is 1. The number of benzene rings is 1. The van der Waals surface area contributed by atoms with Crippen molar-refractivity contribution in [2.45, 2.75) is 44.8 Å². The van der Waals surface area contributed by atoms with E-state index in [-0.39, 0.29) is 6.04 Å². The van der Waals surface area contributed by atoms with Gasteiger partial charge in [-0.3, -0.25) is 4.90 Å². The Morgan fingerprint density at radius 3 is 2.70 bits per heavy atom. The summed E-state index contributed by atoms with van der Waals surface area (Å²) < 4.78 is 5.22. The molecule has 2 atom stereocenters. The van der Waals surface area contributed by atoms with Crippen LogP contribution in [0.3, 0.4) is 0 Å². The molecule has 0 radical (unpaired) electrons. The molecule has 2 rings (SSSR count). The second-order valence-electron chi connectivity index (χ2n) is 5.80. The predicted octanol–water partition coefficient (Wildman–Crippen LogP) is 2.53. The van der Waals surface area contributed by atoms with E-state index in [1.54, 1.807) is 19.2 Å². The van der Waals surface area contributed by atoms with Gasteiger partial charge in [-0.05, 0) is 51.9 Å². The lowest BCUT2D eigenvalue weighted by Gasteiger charge is -2.26. The van der Waals surface area contributed by atoms with Crippen molar-refractivity contribution in [3.05, 3.63) is 23.8 Å². The zero-order chi connectivity index (χ0) is 14.7. The number of likely N-dealkylation sites (N-methyl/N-ethyl adjacent to an activating group) is 1. The molecule has 0 heterocycles. The summed E-state index contributed by atoms with van der Waals surface area (Å²) in [7, 11) is 3.83. The Bertz CT molecular complexity index is 446. The quantitative estimate of drug-likeness (QED) is 0.804. The van der Waals surface area contributed by atoms with Crippen molar-refractivity contribution in [2.24, 2.45) is 0 Å². The monoisotopic (exact) mass is 278 g/mol. The summed E-state index contributed by atoms with van der Waals surface area (Å²) in [5.41, 5.74) is 0.880. The lowest BCUT2D eigenvalue weighted by Crippen LogP contribution is -2.39. The van der Waals surface area contributed by atoms with E-state index in [1.807, 2.05) is 6.07 Å². The molecule has 112 valence electrons.